The van der Waals surface area contributed by atoms with Crippen molar-refractivity contribution in [2.45, 2.75) is 44.7 Å². The number of ether oxygens (including phenoxy) is 1. The average Bonchev–Trinajstić information content (AvgIpc) is 2.53. The first-order valence-electron chi connectivity index (χ1n) is 9.06. The maximum Gasteiger partial charge on any atom is 0.251 e. The number of nitrogens with one attached hydrogen (secondary N) is 1. The molecule has 1 aromatic carbocycles. The Morgan fingerprint density at radius 3 is 2.17 bits per heavy atom. The lowest BCUT2D eigenvalue weighted by Crippen LogP contribution is -2.75. The number of amides is 1. The Balaban J connectivity index is 1.53. The molecule has 3 aliphatic heterocycles. The molecule has 5 rings (SSSR count). The molecular weight excluding hydrogens is 300 g/mol. The van der Waals surface area contributed by atoms with E-state index in [1.807, 2.05) is 24.3 Å². The summed E-state index contributed by atoms with van der Waals surface area (Å²) in [5.74, 6) is 2.71. The zero-order valence-electron chi connectivity index (χ0n) is 15.1. The second-order valence-electron chi connectivity index (χ2n) is 8.59. The molecule has 1 aliphatic carbocycles. The minimum absolute atomic E-state index is 0.0434. The molecule has 1 N–H and O–H groups in total. The zero-order chi connectivity index (χ0) is 17.1. The van der Waals surface area contributed by atoms with E-state index in [4.69, 9.17) is 4.74 Å². The van der Waals surface area contributed by atoms with Crippen molar-refractivity contribution < 1.29 is 9.53 Å². The highest BCUT2D eigenvalue weighted by Crippen LogP contribution is 2.55. The van der Waals surface area contributed by atoms with Gasteiger partial charge in [0.1, 0.15) is 5.75 Å². The first-order valence-corrected chi connectivity index (χ1v) is 9.06. The smallest absolute Gasteiger partial charge is 0.251 e. The maximum absolute atomic E-state index is 12.8. The van der Waals surface area contributed by atoms with E-state index in [9.17, 15) is 4.79 Å². The third-order valence-corrected chi connectivity index (χ3v) is 7.26. The van der Waals surface area contributed by atoms with Gasteiger partial charge >= 0.3 is 0 Å². The normalized spacial score (nSPS) is 38.8. The molecule has 4 aliphatic rings. The lowest BCUT2D eigenvalue weighted by atomic mass is 9.53. The predicted molar refractivity (Wildman–Crippen MR) is 94.2 cm³/mol. The molecule has 0 aromatic heterocycles. The molecule has 24 heavy (non-hydrogen) atoms. The molecule has 3 heterocycles. The van der Waals surface area contributed by atoms with Crippen LogP contribution < -0.4 is 10.1 Å². The second-order valence-corrected chi connectivity index (χ2v) is 8.59. The summed E-state index contributed by atoms with van der Waals surface area (Å²) in [6.07, 6.45) is 2.47. The number of hydrogen-bond acceptors (Lipinski definition) is 3. The van der Waals surface area contributed by atoms with Crippen molar-refractivity contribution in [3.8, 4) is 5.75 Å². The number of rotatable bonds is 3. The van der Waals surface area contributed by atoms with Gasteiger partial charge in [0.2, 0.25) is 0 Å². The van der Waals surface area contributed by atoms with Gasteiger partial charge in [0.05, 0.1) is 7.11 Å². The fourth-order valence-corrected chi connectivity index (χ4v) is 5.31. The fraction of sp³-hybridized carbons (Fsp3) is 0.650. The highest BCUT2D eigenvalue weighted by Gasteiger charge is 2.60. The Labute approximate surface area is 144 Å². The fourth-order valence-electron chi connectivity index (χ4n) is 5.31. The summed E-state index contributed by atoms with van der Waals surface area (Å²) < 4.78 is 5.18. The maximum atomic E-state index is 12.8. The predicted octanol–water partition coefficient (Wildman–Crippen LogP) is 2.93. The van der Waals surface area contributed by atoms with Crippen LogP contribution in [0.2, 0.25) is 0 Å². The summed E-state index contributed by atoms with van der Waals surface area (Å²) in [4.78, 5) is 15.5. The molecular formula is C20H28N2O2. The van der Waals surface area contributed by atoms with Crippen LogP contribution in [0.3, 0.4) is 0 Å². The number of methoxy groups -OCH3 is 1. The van der Waals surface area contributed by atoms with Gasteiger partial charge in [-0.2, -0.15) is 0 Å². The summed E-state index contributed by atoms with van der Waals surface area (Å²) in [5, 5.41) is 3.41. The van der Waals surface area contributed by atoms with Gasteiger partial charge in [-0.15, -0.1) is 0 Å². The number of hydrogen-bond donors (Lipinski definition) is 1. The third kappa shape index (κ3) is 2.19. The van der Waals surface area contributed by atoms with E-state index in [-0.39, 0.29) is 11.4 Å². The molecule has 3 saturated heterocycles. The Kier molecular flexibility index (Phi) is 3.47. The Bertz CT molecular complexity index is 618. The molecule has 4 heteroatoms. The number of carbonyl (C=O) groups excluding carboxylic acids is 1. The standard InChI is InChI=1S/C20H28N2O2/c1-19(2)14-9-15-11-22(19)12-16(10-14)20(15,3)21-18(23)13-5-7-17(24-4)8-6-13/h5-8,14-16H,9-12H2,1-4H3,(H,21,23). The quantitative estimate of drug-likeness (QED) is 0.927. The van der Waals surface area contributed by atoms with E-state index in [2.05, 4.69) is 31.0 Å². The Hall–Kier alpha value is -1.55. The molecule has 130 valence electrons. The van der Waals surface area contributed by atoms with Gasteiger partial charge in [-0.25, -0.2) is 0 Å². The second kappa shape index (κ2) is 5.22. The van der Waals surface area contributed by atoms with Gasteiger partial charge in [-0.1, -0.05) is 0 Å². The minimum atomic E-state index is -0.0828. The van der Waals surface area contributed by atoms with Gasteiger partial charge in [-0.05, 0) is 75.6 Å². The molecule has 0 radical (unpaired) electrons. The lowest BCUT2D eigenvalue weighted by molar-refractivity contribution is -0.151. The third-order valence-electron chi connectivity index (χ3n) is 7.26. The largest absolute Gasteiger partial charge is 0.497 e. The van der Waals surface area contributed by atoms with Gasteiger partial charge < -0.3 is 10.1 Å². The van der Waals surface area contributed by atoms with Crippen LogP contribution >= 0.6 is 0 Å². The van der Waals surface area contributed by atoms with E-state index in [1.54, 1.807) is 7.11 Å². The van der Waals surface area contributed by atoms with Gasteiger partial charge in [0.25, 0.3) is 5.91 Å². The van der Waals surface area contributed by atoms with Crippen molar-refractivity contribution in [2.75, 3.05) is 20.2 Å². The average molecular weight is 328 g/mol. The monoisotopic (exact) mass is 328 g/mol. The molecule has 4 nitrogen and oxygen atoms in total. The van der Waals surface area contributed by atoms with Crippen LogP contribution in [0.1, 0.15) is 44.0 Å². The van der Waals surface area contributed by atoms with Crippen LogP contribution in [0.15, 0.2) is 24.3 Å². The van der Waals surface area contributed by atoms with Crippen molar-refractivity contribution >= 4 is 5.91 Å². The molecule has 2 unspecified atom stereocenters. The summed E-state index contributed by atoms with van der Waals surface area (Å²) in [5.41, 5.74) is 0.959. The first kappa shape index (κ1) is 15.9. The van der Waals surface area contributed by atoms with Crippen molar-refractivity contribution in [2.24, 2.45) is 17.8 Å². The van der Waals surface area contributed by atoms with Gasteiger partial charge in [0.15, 0.2) is 0 Å². The van der Waals surface area contributed by atoms with Crippen molar-refractivity contribution in [3.05, 3.63) is 29.8 Å². The van der Waals surface area contributed by atoms with Crippen LogP contribution in [0.4, 0.5) is 0 Å². The lowest BCUT2D eigenvalue weighted by Gasteiger charge is -2.67. The van der Waals surface area contributed by atoms with Crippen LogP contribution in [-0.4, -0.2) is 42.1 Å². The van der Waals surface area contributed by atoms with Crippen LogP contribution in [0.5, 0.6) is 5.75 Å². The van der Waals surface area contributed by atoms with Crippen molar-refractivity contribution in [3.63, 3.8) is 0 Å². The number of piperidine rings is 3. The zero-order valence-corrected chi connectivity index (χ0v) is 15.1. The molecule has 1 aromatic rings. The SMILES string of the molecule is COc1ccc(C(=O)NC2(C)C3CC4CC2CN(C3)C4(C)C)cc1. The Morgan fingerprint density at radius 2 is 1.67 bits per heavy atom. The molecule has 2 atom stereocenters. The van der Waals surface area contributed by atoms with E-state index >= 15 is 0 Å². The van der Waals surface area contributed by atoms with Crippen LogP contribution in [0, 0.1) is 17.8 Å². The molecule has 1 saturated carbocycles. The minimum Gasteiger partial charge on any atom is -0.497 e. The first-order chi connectivity index (χ1) is 11.3. The van der Waals surface area contributed by atoms with Crippen molar-refractivity contribution in [1.29, 1.82) is 0 Å². The number of carbonyl (C=O) groups is 1. The Morgan fingerprint density at radius 1 is 1.08 bits per heavy atom. The van der Waals surface area contributed by atoms with Gasteiger partial charge in [-0.3, -0.25) is 9.69 Å². The van der Waals surface area contributed by atoms with E-state index in [0.717, 1.165) is 24.8 Å². The highest BCUT2D eigenvalue weighted by atomic mass is 16.5. The molecule has 4 fully saturated rings. The van der Waals surface area contributed by atoms with E-state index in [1.165, 1.54) is 12.8 Å². The van der Waals surface area contributed by atoms with E-state index in [0.29, 0.717) is 22.9 Å². The summed E-state index contributed by atoms with van der Waals surface area (Å²) in [7, 11) is 1.64. The summed E-state index contributed by atoms with van der Waals surface area (Å²) in [6.45, 7) is 9.28. The van der Waals surface area contributed by atoms with Crippen LogP contribution in [-0.2, 0) is 0 Å². The molecule has 0 spiro atoms. The van der Waals surface area contributed by atoms with Crippen LogP contribution in [0.25, 0.3) is 0 Å². The number of nitrogens with zero attached hydrogens (tertiary/aromatic N) is 1. The summed E-state index contributed by atoms with van der Waals surface area (Å²) >= 11 is 0. The molecule has 1 amide bonds. The van der Waals surface area contributed by atoms with E-state index < -0.39 is 0 Å². The van der Waals surface area contributed by atoms with Gasteiger partial charge in [0, 0.05) is 29.7 Å². The van der Waals surface area contributed by atoms with Crippen molar-refractivity contribution in [1.82, 2.24) is 10.2 Å². The highest BCUT2D eigenvalue weighted by molar-refractivity contribution is 5.94. The number of benzene rings is 1. The molecule has 4 bridgehead atoms. The summed E-state index contributed by atoms with van der Waals surface area (Å²) in [6, 6.07) is 7.39. The topological polar surface area (TPSA) is 41.6 Å².